The minimum absolute atomic E-state index is 0.0426. The summed E-state index contributed by atoms with van der Waals surface area (Å²) in [6.07, 6.45) is 1.51. The van der Waals surface area contributed by atoms with Crippen LogP contribution in [0, 0.1) is 6.92 Å². The number of aryl methyl sites for hydroxylation is 1. The Hall–Kier alpha value is -2.60. The largest absolute Gasteiger partial charge is 0.486 e. The zero-order valence-corrected chi connectivity index (χ0v) is 16.0. The van der Waals surface area contributed by atoms with Gasteiger partial charge in [0, 0.05) is 11.4 Å². The molecular weight excluding hydrogens is 348 g/mol. The Morgan fingerprint density at radius 1 is 1.27 bits per heavy atom. The van der Waals surface area contributed by atoms with Crippen molar-refractivity contribution in [3.8, 4) is 5.75 Å². The second-order valence-corrected chi connectivity index (χ2v) is 7.23. The number of nitrogens with zero attached hydrogens (tertiary/aromatic N) is 2. The summed E-state index contributed by atoms with van der Waals surface area (Å²) in [6.45, 7) is 6.84. The molecule has 1 amide bonds. The van der Waals surface area contributed by atoms with Crippen LogP contribution in [0.25, 0.3) is 0 Å². The fraction of sp³-hybridized carbons (Fsp3) is 0.300. The standard InChI is InChI=1S/C20H22N2O3S/c1-14(2)22(20(23)18-9-6-10-24-18)11-16-13-26-19(21-16)12-25-17-8-5-4-7-15(17)3/h4-10,13-14H,11-12H2,1-3H3. The van der Waals surface area contributed by atoms with Gasteiger partial charge in [-0.2, -0.15) is 0 Å². The Morgan fingerprint density at radius 2 is 2.08 bits per heavy atom. The second kappa shape index (κ2) is 8.19. The van der Waals surface area contributed by atoms with Gasteiger partial charge in [0.1, 0.15) is 17.4 Å². The third kappa shape index (κ3) is 4.32. The summed E-state index contributed by atoms with van der Waals surface area (Å²) in [6, 6.07) is 11.4. The first-order valence-electron chi connectivity index (χ1n) is 8.50. The Labute approximate surface area is 157 Å². The first-order chi connectivity index (χ1) is 12.5. The fourth-order valence-electron chi connectivity index (χ4n) is 2.55. The van der Waals surface area contributed by atoms with Crippen molar-refractivity contribution in [2.45, 2.75) is 40.0 Å². The molecule has 2 heterocycles. The van der Waals surface area contributed by atoms with Crippen molar-refractivity contribution in [3.05, 3.63) is 70.1 Å². The highest BCUT2D eigenvalue weighted by atomic mass is 32.1. The van der Waals surface area contributed by atoms with Crippen LogP contribution >= 0.6 is 11.3 Å². The van der Waals surface area contributed by atoms with Crippen molar-refractivity contribution >= 4 is 17.2 Å². The molecule has 0 unspecified atom stereocenters. The molecule has 5 nitrogen and oxygen atoms in total. The third-order valence-corrected chi connectivity index (χ3v) is 4.86. The van der Waals surface area contributed by atoms with E-state index in [4.69, 9.17) is 9.15 Å². The number of hydrogen-bond donors (Lipinski definition) is 0. The van der Waals surface area contributed by atoms with Crippen molar-refractivity contribution in [3.63, 3.8) is 0 Å². The third-order valence-electron chi connectivity index (χ3n) is 3.99. The molecule has 26 heavy (non-hydrogen) atoms. The Morgan fingerprint density at radius 3 is 2.77 bits per heavy atom. The van der Waals surface area contributed by atoms with Crippen LogP contribution in [-0.4, -0.2) is 21.8 Å². The molecule has 3 rings (SSSR count). The van der Waals surface area contributed by atoms with Crippen molar-refractivity contribution < 1.29 is 13.9 Å². The number of aromatic nitrogens is 1. The molecule has 0 saturated heterocycles. The average Bonchev–Trinajstić information content (AvgIpc) is 3.30. The molecule has 0 atom stereocenters. The highest BCUT2D eigenvalue weighted by Crippen LogP contribution is 2.20. The average molecular weight is 370 g/mol. The van der Waals surface area contributed by atoms with E-state index in [1.165, 1.54) is 6.26 Å². The number of carbonyl (C=O) groups is 1. The summed E-state index contributed by atoms with van der Waals surface area (Å²) in [4.78, 5) is 18.9. The molecule has 0 bridgehead atoms. The zero-order chi connectivity index (χ0) is 18.5. The number of furan rings is 1. The predicted octanol–water partition coefficient (Wildman–Crippen LogP) is 4.67. The zero-order valence-electron chi connectivity index (χ0n) is 15.1. The Bertz CT molecular complexity index is 856. The van der Waals surface area contributed by atoms with E-state index in [0.717, 1.165) is 22.0 Å². The maximum absolute atomic E-state index is 12.6. The molecule has 6 heteroatoms. The quantitative estimate of drug-likeness (QED) is 0.606. The number of thiazole rings is 1. The van der Waals surface area contributed by atoms with E-state index in [1.807, 2.05) is 50.4 Å². The topological polar surface area (TPSA) is 55.6 Å². The highest BCUT2D eigenvalue weighted by Gasteiger charge is 2.22. The molecule has 0 N–H and O–H groups in total. The molecule has 0 saturated carbocycles. The molecule has 0 radical (unpaired) electrons. The normalized spacial score (nSPS) is 10.9. The van der Waals surface area contributed by atoms with Gasteiger partial charge in [-0.25, -0.2) is 4.98 Å². The highest BCUT2D eigenvalue weighted by molar-refractivity contribution is 7.09. The Balaban J connectivity index is 1.64. The smallest absolute Gasteiger partial charge is 0.290 e. The monoisotopic (exact) mass is 370 g/mol. The number of para-hydroxylation sites is 1. The van der Waals surface area contributed by atoms with Crippen LogP contribution in [0.4, 0.5) is 0 Å². The van der Waals surface area contributed by atoms with E-state index in [2.05, 4.69) is 4.98 Å². The van der Waals surface area contributed by atoms with Crippen molar-refractivity contribution in [2.24, 2.45) is 0 Å². The van der Waals surface area contributed by atoms with Crippen LogP contribution in [0.1, 0.15) is 40.7 Å². The van der Waals surface area contributed by atoms with E-state index in [0.29, 0.717) is 18.9 Å². The number of ether oxygens (including phenoxy) is 1. The van der Waals surface area contributed by atoms with Gasteiger partial charge >= 0.3 is 0 Å². The summed E-state index contributed by atoms with van der Waals surface area (Å²) in [5, 5.41) is 2.86. The Kier molecular flexibility index (Phi) is 5.73. The van der Waals surface area contributed by atoms with Crippen LogP contribution in [0.2, 0.25) is 0 Å². The summed E-state index contributed by atoms with van der Waals surface area (Å²) in [7, 11) is 0. The summed E-state index contributed by atoms with van der Waals surface area (Å²) < 4.78 is 11.1. The van der Waals surface area contributed by atoms with Crippen molar-refractivity contribution in [1.82, 2.24) is 9.88 Å². The maximum atomic E-state index is 12.6. The van der Waals surface area contributed by atoms with Crippen LogP contribution in [0.15, 0.2) is 52.5 Å². The van der Waals surface area contributed by atoms with Gasteiger partial charge in [0.15, 0.2) is 5.76 Å². The number of benzene rings is 1. The summed E-state index contributed by atoms with van der Waals surface area (Å²) >= 11 is 1.54. The minimum Gasteiger partial charge on any atom is -0.486 e. The fourth-order valence-corrected chi connectivity index (χ4v) is 3.25. The van der Waals surface area contributed by atoms with Gasteiger partial charge in [-0.3, -0.25) is 4.79 Å². The first kappa shape index (κ1) is 18.2. The van der Waals surface area contributed by atoms with Gasteiger partial charge in [0.2, 0.25) is 0 Å². The molecule has 2 aromatic heterocycles. The molecule has 1 aromatic carbocycles. The SMILES string of the molecule is Cc1ccccc1OCc1nc(CN(C(=O)c2ccco2)C(C)C)cs1. The lowest BCUT2D eigenvalue weighted by atomic mass is 10.2. The molecular formula is C20H22N2O3S. The van der Waals surface area contributed by atoms with E-state index in [1.54, 1.807) is 28.4 Å². The van der Waals surface area contributed by atoms with Crippen LogP contribution in [0.5, 0.6) is 5.75 Å². The van der Waals surface area contributed by atoms with Crippen LogP contribution in [0.3, 0.4) is 0 Å². The van der Waals surface area contributed by atoms with E-state index < -0.39 is 0 Å². The van der Waals surface area contributed by atoms with Gasteiger partial charge in [0.05, 0.1) is 18.5 Å². The molecule has 0 spiro atoms. The number of hydrogen-bond acceptors (Lipinski definition) is 5. The molecule has 0 aliphatic rings. The van der Waals surface area contributed by atoms with Crippen molar-refractivity contribution in [1.29, 1.82) is 0 Å². The molecule has 0 fully saturated rings. The molecule has 136 valence electrons. The molecule has 0 aliphatic heterocycles. The van der Waals surface area contributed by atoms with Gasteiger partial charge in [-0.15, -0.1) is 11.3 Å². The lowest BCUT2D eigenvalue weighted by Crippen LogP contribution is -2.36. The number of amides is 1. The van der Waals surface area contributed by atoms with Gasteiger partial charge < -0.3 is 14.1 Å². The molecule has 0 aliphatic carbocycles. The lowest BCUT2D eigenvalue weighted by Gasteiger charge is -2.24. The second-order valence-electron chi connectivity index (χ2n) is 6.29. The van der Waals surface area contributed by atoms with Gasteiger partial charge in [-0.05, 0) is 44.5 Å². The van der Waals surface area contributed by atoms with E-state index in [-0.39, 0.29) is 11.9 Å². The van der Waals surface area contributed by atoms with Crippen LogP contribution in [-0.2, 0) is 13.2 Å². The van der Waals surface area contributed by atoms with Crippen molar-refractivity contribution in [2.75, 3.05) is 0 Å². The minimum atomic E-state index is -0.129. The van der Waals surface area contributed by atoms with E-state index >= 15 is 0 Å². The predicted molar refractivity (Wildman–Crippen MR) is 101 cm³/mol. The number of rotatable bonds is 7. The van der Waals surface area contributed by atoms with E-state index in [9.17, 15) is 4.79 Å². The number of carbonyl (C=O) groups excluding carboxylic acids is 1. The van der Waals surface area contributed by atoms with Gasteiger partial charge in [0.25, 0.3) is 5.91 Å². The summed E-state index contributed by atoms with van der Waals surface area (Å²) in [5.74, 6) is 1.08. The van der Waals surface area contributed by atoms with Gasteiger partial charge in [-0.1, -0.05) is 18.2 Å². The van der Waals surface area contributed by atoms with Crippen LogP contribution < -0.4 is 4.74 Å². The maximum Gasteiger partial charge on any atom is 0.290 e. The first-order valence-corrected chi connectivity index (χ1v) is 9.38. The lowest BCUT2D eigenvalue weighted by molar-refractivity contribution is 0.0655. The summed E-state index contributed by atoms with van der Waals surface area (Å²) in [5.41, 5.74) is 1.95. The molecule has 3 aromatic rings.